The van der Waals surface area contributed by atoms with E-state index < -0.39 is 6.03 Å². The third-order valence-corrected chi connectivity index (χ3v) is 3.67. The number of hydrogen-bond donors (Lipinski definition) is 2. The minimum absolute atomic E-state index is 0. The first-order valence-corrected chi connectivity index (χ1v) is 7.72. The molecule has 0 saturated carbocycles. The van der Waals surface area contributed by atoms with Crippen molar-refractivity contribution in [3.05, 3.63) is 53.8 Å². The largest absolute Gasteiger partial charge is 1.00 e. The number of carbonyl (C=O) groups is 1. The number of nitrogens with zero attached hydrogens (tertiary/aromatic N) is 1. The quantitative estimate of drug-likeness (QED) is 0.861. The fraction of sp³-hybridized carbons (Fsp3) is 0.278. The number of benzene rings is 2. The smallest absolute Gasteiger partial charge is 0.323 e. The number of amides is 2. The molecule has 0 aromatic heterocycles. The Hall–Kier alpha value is -2.27. The summed E-state index contributed by atoms with van der Waals surface area (Å²) in [6, 6.07) is 11.3. The van der Waals surface area contributed by atoms with Crippen molar-refractivity contribution in [1.29, 1.82) is 0 Å². The Kier molecular flexibility index (Phi) is 7.52. The van der Waals surface area contributed by atoms with Crippen molar-refractivity contribution in [2.75, 3.05) is 28.6 Å². The lowest BCUT2D eigenvalue weighted by atomic mass is 10.1. The van der Waals surface area contributed by atoms with Crippen LogP contribution in [0.3, 0.4) is 0 Å². The number of aryl methyl sites for hydroxylation is 1. The first-order chi connectivity index (χ1) is 11.0. The van der Waals surface area contributed by atoms with Crippen LogP contribution in [0.1, 0.15) is 19.4 Å². The van der Waals surface area contributed by atoms with Gasteiger partial charge in [-0.3, -0.25) is 0 Å². The molecule has 4 nitrogen and oxygen atoms in total. The molecule has 0 atom stereocenters. The van der Waals surface area contributed by atoms with Crippen LogP contribution in [0.2, 0.25) is 0 Å². The number of carbonyl (C=O) groups excluding carboxylic acids is 1. The maximum Gasteiger partial charge on any atom is 0.323 e. The Morgan fingerprint density at radius 3 is 2.38 bits per heavy atom. The van der Waals surface area contributed by atoms with Gasteiger partial charge in [-0.2, -0.15) is 0 Å². The van der Waals surface area contributed by atoms with E-state index in [2.05, 4.69) is 29.4 Å². The van der Waals surface area contributed by atoms with Crippen molar-refractivity contribution in [1.82, 2.24) is 0 Å². The van der Waals surface area contributed by atoms with Gasteiger partial charge < -0.3 is 27.9 Å². The van der Waals surface area contributed by atoms with E-state index in [9.17, 15) is 9.18 Å². The Morgan fingerprint density at radius 2 is 1.79 bits per heavy atom. The second kappa shape index (κ2) is 9.13. The van der Waals surface area contributed by atoms with Gasteiger partial charge in [0.25, 0.3) is 0 Å². The van der Waals surface area contributed by atoms with Crippen LogP contribution < -0.4 is 27.9 Å². The van der Waals surface area contributed by atoms with Gasteiger partial charge in [0.05, 0.1) is 0 Å². The van der Waals surface area contributed by atoms with Crippen LogP contribution in [0.15, 0.2) is 42.5 Å². The lowest BCUT2D eigenvalue weighted by Crippen LogP contribution is -3.00. The summed E-state index contributed by atoms with van der Waals surface area (Å²) in [6.07, 6.45) is 0. The van der Waals surface area contributed by atoms with Crippen molar-refractivity contribution in [3.63, 3.8) is 0 Å². The van der Waals surface area contributed by atoms with E-state index in [0.29, 0.717) is 5.69 Å². The topological polar surface area (TPSA) is 44.4 Å². The molecule has 0 heterocycles. The molecular formula is C18H22ClFN3O-. The van der Waals surface area contributed by atoms with Crippen LogP contribution in [0.5, 0.6) is 0 Å². The molecule has 2 aromatic rings. The maximum absolute atomic E-state index is 13.1. The van der Waals surface area contributed by atoms with Crippen LogP contribution in [-0.4, -0.2) is 19.1 Å². The second-order valence-corrected chi connectivity index (χ2v) is 5.26. The normalized spacial score (nSPS) is 9.83. The Morgan fingerprint density at radius 1 is 1.08 bits per heavy atom. The summed E-state index contributed by atoms with van der Waals surface area (Å²) in [6.45, 7) is 8.03. The molecule has 0 spiro atoms. The minimum Gasteiger partial charge on any atom is -1.00 e. The summed E-state index contributed by atoms with van der Waals surface area (Å²) in [7, 11) is 0. The van der Waals surface area contributed by atoms with Crippen LogP contribution in [0.25, 0.3) is 0 Å². The molecular weight excluding hydrogens is 329 g/mol. The van der Waals surface area contributed by atoms with Gasteiger partial charge in [0.2, 0.25) is 0 Å². The molecule has 2 amide bonds. The Bertz CT molecular complexity index is 690. The maximum atomic E-state index is 13.1. The van der Waals surface area contributed by atoms with Crippen LogP contribution in [-0.2, 0) is 0 Å². The predicted octanol–water partition coefficient (Wildman–Crippen LogP) is 1.63. The van der Waals surface area contributed by atoms with E-state index >= 15 is 0 Å². The second-order valence-electron chi connectivity index (χ2n) is 5.26. The van der Waals surface area contributed by atoms with Crippen molar-refractivity contribution in [2.24, 2.45) is 0 Å². The fourth-order valence-electron chi connectivity index (χ4n) is 2.42. The van der Waals surface area contributed by atoms with Crippen molar-refractivity contribution in [3.8, 4) is 0 Å². The SMILES string of the molecule is CCN(CC)c1ccc(NC(=O)Nc2cccc(F)c2)c(C)c1.[Cl-]. The summed E-state index contributed by atoms with van der Waals surface area (Å²) in [4.78, 5) is 14.3. The average molecular weight is 351 g/mol. The van der Waals surface area contributed by atoms with E-state index in [1.807, 2.05) is 25.1 Å². The van der Waals surface area contributed by atoms with Crippen LogP contribution >= 0.6 is 0 Å². The molecule has 0 aliphatic rings. The number of halogens is 2. The lowest BCUT2D eigenvalue weighted by molar-refractivity contribution is -0.00000835. The van der Waals surface area contributed by atoms with E-state index in [1.54, 1.807) is 12.1 Å². The first-order valence-electron chi connectivity index (χ1n) is 7.72. The molecule has 6 heteroatoms. The van der Waals surface area contributed by atoms with Gasteiger partial charge in [-0.25, -0.2) is 9.18 Å². The molecule has 0 saturated heterocycles. The summed E-state index contributed by atoms with van der Waals surface area (Å²) in [5, 5.41) is 5.41. The fourth-order valence-corrected chi connectivity index (χ4v) is 2.42. The molecule has 0 aliphatic carbocycles. The van der Waals surface area contributed by atoms with Crippen LogP contribution in [0.4, 0.5) is 26.2 Å². The molecule has 0 fully saturated rings. The van der Waals surface area contributed by atoms with Gasteiger partial charge in [0.1, 0.15) is 5.82 Å². The molecule has 0 bridgehead atoms. The zero-order valence-electron chi connectivity index (χ0n) is 14.1. The Balaban J connectivity index is 0.00000288. The zero-order chi connectivity index (χ0) is 16.8. The average Bonchev–Trinajstić information content (AvgIpc) is 2.51. The highest BCUT2D eigenvalue weighted by atomic mass is 35.5. The first kappa shape index (κ1) is 19.8. The molecule has 24 heavy (non-hydrogen) atoms. The molecule has 0 radical (unpaired) electrons. The number of nitrogens with one attached hydrogen (secondary N) is 2. The van der Waals surface area contributed by atoms with Crippen molar-refractivity contribution < 1.29 is 21.6 Å². The van der Waals surface area contributed by atoms with Crippen molar-refractivity contribution >= 4 is 23.1 Å². The lowest BCUT2D eigenvalue weighted by Gasteiger charge is -2.22. The van der Waals surface area contributed by atoms with Gasteiger partial charge >= 0.3 is 6.03 Å². The van der Waals surface area contributed by atoms with E-state index in [4.69, 9.17) is 0 Å². The van der Waals surface area contributed by atoms with E-state index in [-0.39, 0.29) is 18.2 Å². The third kappa shape index (κ3) is 5.13. The number of hydrogen-bond acceptors (Lipinski definition) is 2. The molecule has 2 N–H and O–H groups in total. The van der Waals surface area contributed by atoms with E-state index in [1.165, 1.54) is 12.1 Å². The van der Waals surface area contributed by atoms with Gasteiger partial charge in [0.15, 0.2) is 0 Å². The predicted molar refractivity (Wildman–Crippen MR) is 93.8 cm³/mol. The number of rotatable bonds is 5. The van der Waals surface area contributed by atoms with Gasteiger partial charge in [-0.1, -0.05) is 6.07 Å². The van der Waals surface area contributed by atoms with Gasteiger partial charge in [-0.05, 0) is 62.7 Å². The minimum atomic E-state index is -0.394. The van der Waals surface area contributed by atoms with Gasteiger partial charge in [0, 0.05) is 30.2 Å². The third-order valence-electron chi connectivity index (χ3n) is 3.67. The standard InChI is InChI=1S/C18H22FN3O.ClH/c1-4-22(5-2)16-9-10-17(13(3)11-16)21-18(23)20-15-8-6-7-14(19)12-15;/h6-12H,4-5H2,1-3H3,(H2,20,21,23);1H/p-1. The molecule has 2 rings (SSSR count). The van der Waals surface area contributed by atoms with Crippen LogP contribution in [0, 0.1) is 12.7 Å². The number of urea groups is 1. The van der Waals surface area contributed by atoms with Gasteiger partial charge in [-0.15, -0.1) is 0 Å². The summed E-state index contributed by atoms with van der Waals surface area (Å²) in [5.41, 5.74) is 3.25. The van der Waals surface area contributed by atoms with E-state index in [0.717, 1.165) is 30.0 Å². The van der Waals surface area contributed by atoms with Crippen molar-refractivity contribution in [2.45, 2.75) is 20.8 Å². The monoisotopic (exact) mass is 350 g/mol. The summed E-state index contributed by atoms with van der Waals surface area (Å²) < 4.78 is 13.1. The molecule has 2 aromatic carbocycles. The molecule has 130 valence electrons. The summed E-state index contributed by atoms with van der Waals surface area (Å²) >= 11 is 0. The summed E-state index contributed by atoms with van der Waals surface area (Å²) in [5.74, 6) is -0.387. The highest BCUT2D eigenvalue weighted by molar-refractivity contribution is 6.00. The highest BCUT2D eigenvalue weighted by Crippen LogP contribution is 2.23. The Labute approximate surface area is 148 Å². The molecule has 0 unspecified atom stereocenters. The number of anilines is 3. The zero-order valence-corrected chi connectivity index (χ0v) is 14.8. The molecule has 0 aliphatic heterocycles. The highest BCUT2D eigenvalue weighted by Gasteiger charge is 2.08.